The number of anilines is 1. The summed E-state index contributed by atoms with van der Waals surface area (Å²) in [6.45, 7) is 0.528. The average Bonchev–Trinajstić information content (AvgIpc) is 3.63. The number of benzene rings is 1. The number of pyridine rings is 1. The number of aromatic nitrogens is 3. The Bertz CT molecular complexity index is 1330. The maximum atomic E-state index is 14.6. The predicted molar refractivity (Wildman–Crippen MR) is 119 cm³/mol. The van der Waals surface area contributed by atoms with Gasteiger partial charge in [-0.3, -0.25) is 14.5 Å². The molecule has 8 nitrogen and oxygen atoms in total. The monoisotopic (exact) mass is 439 g/mol. The molecule has 1 aliphatic heterocycles. The van der Waals surface area contributed by atoms with E-state index in [0.717, 1.165) is 29.4 Å². The first kappa shape index (κ1) is 17.3. The molecule has 1 aliphatic carbocycles. The van der Waals surface area contributed by atoms with Crippen molar-refractivity contribution in [3.05, 3.63) is 63.6 Å². The van der Waals surface area contributed by atoms with Crippen LogP contribution in [0.3, 0.4) is 0 Å². The van der Waals surface area contributed by atoms with Gasteiger partial charge in [-0.25, -0.2) is 9.97 Å². The normalized spacial score (nSPS) is 18.8. The first-order valence-electron chi connectivity index (χ1n) is 12.2. The maximum Gasteiger partial charge on any atom is 0.270 e. The molecule has 2 fully saturated rings. The van der Waals surface area contributed by atoms with Crippen LogP contribution >= 0.6 is 0 Å². The summed E-state index contributed by atoms with van der Waals surface area (Å²) in [6.07, 6.45) is 2.05. The standard InChI is InChI=1S/C23H25FN6O2/c1-25-22(31)17-6-7-19(21(24)27-17)30-10-8-29(9-11-30)13-14-2-5-16-18(12-14)28-23(32)20(26-16)15-3-4-15/h2,5-7,12,15H,3-4,8-11,13H2,1H3,(H,25,31)(H,28,32)/i1D3. The van der Waals surface area contributed by atoms with Crippen LogP contribution < -0.4 is 15.8 Å². The first-order chi connectivity index (χ1) is 16.7. The second-order valence-corrected chi connectivity index (χ2v) is 8.30. The van der Waals surface area contributed by atoms with Crippen molar-refractivity contribution in [3.8, 4) is 0 Å². The molecule has 1 saturated carbocycles. The van der Waals surface area contributed by atoms with E-state index in [0.29, 0.717) is 44.3 Å². The van der Waals surface area contributed by atoms with Crippen molar-refractivity contribution in [3.63, 3.8) is 0 Å². The van der Waals surface area contributed by atoms with E-state index >= 15 is 0 Å². The van der Waals surface area contributed by atoms with Crippen LogP contribution in [0, 0.1) is 5.95 Å². The van der Waals surface area contributed by atoms with E-state index in [2.05, 4.69) is 19.9 Å². The van der Waals surface area contributed by atoms with Crippen LogP contribution in [0.15, 0.2) is 35.1 Å². The lowest BCUT2D eigenvalue weighted by molar-refractivity contribution is 0.0957. The number of nitrogens with zero attached hydrogens (tertiary/aromatic N) is 4. The summed E-state index contributed by atoms with van der Waals surface area (Å²) in [5, 5.41) is 1.80. The molecule has 0 atom stereocenters. The molecule has 0 unspecified atom stereocenters. The summed E-state index contributed by atoms with van der Waals surface area (Å²) in [4.78, 5) is 39.5. The second kappa shape index (κ2) is 8.31. The van der Waals surface area contributed by atoms with Gasteiger partial charge in [-0.2, -0.15) is 4.39 Å². The van der Waals surface area contributed by atoms with E-state index < -0.39 is 18.8 Å². The number of fused-ring (bicyclic) bond motifs is 1. The van der Waals surface area contributed by atoms with Gasteiger partial charge in [-0.05, 0) is 42.7 Å². The number of aromatic amines is 1. The van der Waals surface area contributed by atoms with Gasteiger partial charge in [0.15, 0.2) is 0 Å². The third kappa shape index (κ3) is 4.08. The van der Waals surface area contributed by atoms with Crippen LogP contribution in [0.5, 0.6) is 0 Å². The van der Waals surface area contributed by atoms with Crippen LogP contribution in [0.4, 0.5) is 10.1 Å². The molecule has 2 aliphatic rings. The fourth-order valence-corrected chi connectivity index (χ4v) is 4.14. The molecule has 3 aromatic rings. The molecule has 1 aromatic carbocycles. The number of piperazine rings is 1. The van der Waals surface area contributed by atoms with E-state index in [1.165, 1.54) is 12.1 Å². The summed E-state index contributed by atoms with van der Waals surface area (Å²) in [5.74, 6) is -1.47. The molecular formula is C23H25FN6O2. The van der Waals surface area contributed by atoms with Crippen LogP contribution in [0.25, 0.3) is 11.0 Å². The van der Waals surface area contributed by atoms with Crippen molar-refractivity contribution in [2.24, 2.45) is 0 Å². The number of halogens is 1. The molecule has 1 saturated heterocycles. The molecule has 2 aromatic heterocycles. The zero-order valence-corrected chi connectivity index (χ0v) is 17.4. The van der Waals surface area contributed by atoms with Gasteiger partial charge in [0.25, 0.3) is 11.5 Å². The van der Waals surface area contributed by atoms with Crippen molar-refractivity contribution < 1.29 is 13.3 Å². The highest BCUT2D eigenvalue weighted by Crippen LogP contribution is 2.37. The van der Waals surface area contributed by atoms with Crippen LogP contribution in [0.1, 0.15) is 44.6 Å². The first-order valence-corrected chi connectivity index (χ1v) is 10.7. The third-order valence-electron chi connectivity index (χ3n) is 6.04. The van der Waals surface area contributed by atoms with E-state index in [-0.39, 0.29) is 16.9 Å². The smallest absolute Gasteiger partial charge is 0.270 e. The Morgan fingerprint density at radius 3 is 2.75 bits per heavy atom. The fraction of sp³-hybridized carbons (Fsp3) is 0.391. The summed E-state index contributed by atoms with van der Waals surface area (Å²) in [7, 11) is 0. The zero-order valence-electron chi connectivity index (χ0n) is 20.4. The number of carbonyl (C=O) groups excluding carboxylic acids is 1. The van der Waals surface area contributed by atoms with Gasteiger partial charge < -0.3 is 15.2 Å². The number of rotatable bonds is 5. The number of amides is 1. The Kier molecular flexibility index (Phi) is 4.48. The van der Waals surface area contributed by atoms with Gasteiger partial charge >= 0.3 is 0 Å². The Hall–Kier alpha value is -3.33. The Labute approximate surface area is 188 Å². The highest BCUT2D eigenvalue weighted by molar-refractivity contribution is 5.92. The van der Waals surface area contributed by atoms with Crippen molar-refractivity contribution in [1.29, 1.82) is 0 Å². The number of H-pyrrole nitrogens is 1. The summed E-state index contributed by atoms with van der Waals surface area (Å²) in [5.41, 5.74) is 3.09. The van der Waals surface area contributed by atoms with E-state index in [1.54, 1.807) is 5.32 Å². The Morgan fingerprint density at radius 2 is 2.03 bits per heavy atom. The predicted octanol–water partition coefficient (Wildman–Crippen LogP) is 2.02. The minimum absolute atomic E-state index is 0.108. The molecular weight excluding hydrogens is 411 g/mol. The van der Waals surface area contributed by atoms with Crippen LogP contribution in [-0.2, 0) is 6.54 Å². The lowest BCUT2D eigenvalue weighted by atomic mass is 10.1. The molecule has 0 bridgehead atoms. The summed E-state index contributed by atoms with van der Waals surface area (Å²) in [6, 6.07) is 8.69. The van der Waals surface area contributed by atoms with E-state index in [4.69, 9.17) is 4.11 Å². The van der Waals surface area contributed by atoms with Gasteiger partial charge in [0, 0.05) is 49.7 Å². The Morgan fingerprint density at radius 1 is 1.22 bits per heavy atom. The second-order valence-electron chi connectivity index (χ2n) is 8.30. The highest BCUT2D eigenvalue weighted by atomic mass is 19.1. The maximum absolute atomic E-state index is 14.6. The van der Waals surface area contributed by atoms with E-state index in [1.807, 2.05) is 23.1 Å². The summed E-state index contributed by atoms with van der Waals surface area (Å²) >= 11 is 0. The van der Waals surface area contributed by atoms with Crippen molar-refractivity contribution in [1.82, 2.24) is 25.2 Å². The molecule has 3 heterocycles. The quantitative estimate of drug-likeness (QED) is 0.591. The van der Waals surface area contributed by atoms with Gasteiger partial charge in [0.1, 0.15) is 11.4 Å². The average molecular weight is 440 g/mol. The van der Waals surface area contributed by atoms with Gasteiger partial charge in [0.05, 0.1) is 16.7 Å². The number of carbonyl (C=O) groups is 1. The van der Waals surface area contributed by atoms with Gasteiger partial charge in [-0.15, -0.1) is 0 Å². The molecule has 166 valence electrons. The number of nitrogens with one attached hydrogen (secondary N) is 2. The number of hydrogen-bond acceptors (Lipinski definition) is 6. The molecule has 0 spiro atoms. The molecule has 1 amide bonds. The van der Waals surface area contributed by atoms with Crippen molar-refractivity contribution >= 4 is 22.6 Å². The van der Waals surface area contributed by atoms with Crippen LogP contribution in [-0.4, -0.2) is 58.9 Å². The van der Waals surface area contributed by atoms with E-state index in [9.17, 15) is 14.0 Å². The van der Waals surface area contributed by atoms with Gasteiger partial charge in [-0.1, -0.05) is 6.07 Å². The third-order valence-corrected chi connectivity index (χ3v) is 6.04. The molecule has 32 heavy (non-hydrogen) atoms. The van der Waals surface area contributed by atoms with Crippen molar-refractivity contribution in [2.75, 3.05) is 38.1 Å². The molecule has 2 N–H and O–H groups in total. The number of hydrogen-bond donors (Lipinski definition) is 2. The summed E-state index contributed by atoms with van der Waals surface area (Å²) < 4.78 is 35.9. The Balaban J connectivity index is 1.21. The lowest BCUT2D eigenvalue weighted by Gasteiger charge is -2.36. The topological polar surface area (TPSA) is 94.2 Å². The molecule has 0 radical (unpaired) electrons. The minimum atomic E-state index is -2.67. The molecule has 5 rings (SSSR count). The zero-order chi connectivity index (χ0) is 24.7. The van der Waals surface area contributed by atoms with Gasteiger partial charge in [0.2, 0.25) is 5.95 Å². The highest BCUT2D eigenvalue weighted by Gasteiger charge is 2.28. The fourth-order valence-electron chi connectivity index (χ4n) is 4.14. The van der Waals surface area contributed by atoms with Crippen LogP contribution in [0.2, 0.25) is 0 Å². The minimum Gasteiger partial charge on any atom is -0.365 e. The largest absolute Gasteiger partial charge is 0.365 e. The van der Waals surface area contributed by atoms with Crippen molar-refractivity contribution in [2.45, 2.75) is 25.3 Å². The SMILES string of the molecule is [2H]C([2H])([2H])NC(=O)c1ccc(N2CCN(Cc3ccc4nc(C5CC5)c(=O)[nH]c4c3)CC2)c(F)n1. The lowest BCUT2D eigenvalue weighted by Crippen LogP contribution is -2.46. The molecule has 9 heteroatoms.